The molecule has 0 saturated heterocycles. The largest absolute Gasteiger partial charge is 0.124 e. The highest BCUT2D eigenvalue weighted by Gasteiger charge is 1.48. The normalized spacial score (nSPS) is 2.28. The molecule has 0 saturated carbocycles. The molecule has 36 heavy (non-hydrogen) atoms. The molecule has 0 spiro atoms. The SMILES string of the molecule is C.C.C.C.C.C.C.C.C.C.C#C.C#CC.C#CC#CC#C.C#CC#CC#CC.CC#CC#CC#CC.[HH].[HH].[HH].[HH].[HH].[HH].[HH].[HH].[HH].[HH]. The minimum Gasteiger partial charge on any atom is -0.124 e. The molecular weight excluding hydrogens is 432 g/mol. The molecule has 0 bridgehead atoms. The van der Waals surface area contributed by atoms with Crippen LogP contribution in [0.3, 0.4) is 0 Å². The molecular formula is C36H78. The van der Waals surface area contributed by atoms with Gasteiger partial charge in [0.25, 0.3) is 0 Å². The lowest BCUT2D eigenvalue weighted by molar-refractivity contribution is 1.92. The first-order valence-electron chi connectivity index (χ1n) is 6.49. The van der Waals surface area contributed by atoms with Crippen LogP contribution in [0.25, 0.3) is 0 Å². The van der Waals surface area contributed by atoms with Crippen molar-refractivity contribution in [2.75, 3.05) is 0 Å². The molecule has 0 N–H and O–H groups in total. The Balaban J connectivity index is -0.00000000486. The summed E-state index contributed by atoms with van der Waals surface area (Å²) in [6.45, 7) is 6.85. The van der Waals surface area contributed by atoms with Crippen LogP contribution in [0.15, 0.2) is 0 Å². The van der Waals surface area contributed by atoms with Crippen LogP contribution in [0.4, 0.5) is 0 Å². The highest BCUT2D eigenvalue weighted by molar-refractivity contribution is 5.35. The van der Waals surface area contributed by atoms with Gasteiger partial charge in [0.1, 0.15) is 0 Å². The Hall–Kier alpha value is -4.84. The van der Waals surface area contributed by atoms with Crippen LogP contribution in [0.2, 0.25) is 0 Å². The summed E-state index contributed by atoms with van der Waals surface area (Å²) in [4.78, 5) is 0. The summed E-state index contributed by atoms with van der Waals surface area (Å²) >= 11 is 0. The zero-order chi connectivity index (χ0) is 21.3. The van der Waals surface area contributed by atoms with Crippen LogP contribution in [0, 0.1) is 133 Å². The first kappa shape index (κ1) is 109. The van der Waals surface area contributed by atoms with Gasteiger partial charge in [0.05, 0.1) is 0 Å². The Morgan fingerprint density at radius 1 is 0.333 bits per heavy atom. The van der Waals surface area contributed by atoms with Crippen LogP contribution < -0.4 is 0 Å². The molecule has 0 unspecified atom stereocenters. The third-order valence-electron chi connectivity index (χ3n) is 0.967. The Morgan fingerprint density at radius 3 is 0.611 bits per heavy atom. The summed E-state index contributed by atoms with van der Waals surface area (Å²) in [5.41, 5.74) is 0. The second-order valence-corrected chi connectivity index (χ2v) is 2.60. The van der Waals surface area contributed by atoms with Gasteiger partial charge in [-0.2, -0.15) is 0 Å². The van der Waals surface area contributed by atoms with Crippen molar-refractivity contribution in [3.05, 3.63) is 0 Å². The molecule has 0 aromatic heterocycles. The summed E-state index contributed by atoms with van der Waals surface area (Å²) in [6.07, 6.45) is 26.8. The maximum Gasteiger partial charge on any atom is 0 e. The van der Waals surface area contributed by atoms with E-state index in [9.17, 15) is 0 Å². The summed E-state index contributed by atoms with van der Waals surface area (Å²) < 4.78 is 0. The maximum absolute atomic E-state index is 4.78. The van der Waals surface area contributed by atoms with E-state index >= 15 is 0 Å². The Labute approximate surface area is 249 Å². The van der Waals surface area contributed by atoms with E-state index in [4.69, 9.17) is 19.3 Å². The Bertz CT molecular complexity index is 891. The second-order valence-electron chi connectivity index (χ2n) is 2.60. The smallest absolute Gasteiger partial charge is 0 e. The molecule has 0 radical (unpaired) electrons. The van der Waals surface area contributed by atoms with Crippen LogP contribution in [0.1, 0.15) is 116 Å². The summed E-state index contributed by atoms with van der Waals surface area (Å²) in [7, 11) is 0. The van der Waals surface area contributed by atoms with Gasteiger partial charge in [-0.15, -0.1) is 44.5 Å². The zero-order valence-corrected chi connectivity index (χ0v) is 15.5. The monoisotopic (exact) mass is 511 g/mol. The van der Waals surface area contributed by atoms with Gasteiger partial charge in [0, 0.05) is 14.3 Å². The van der Waals surface area contributed by atoms with Crippen molar-refractivity contribution in [2.24, 2.45) is 0 Å². The fraction of sp³-hybridized carbons (Fsp3) is 0.389. The summed E-state index contributed by atoms with van der Waals surface area (Å²) in [5.74, 6) is 38.4. The number of terminal acetylenes is 5. The maximum atomic E-state index is 4.78. The van der Waals surface area contributed by atoms with E-state index in [-0.39, 0.29) is 88.5 Å². The fourth-order valence-corrected chi connectivity index (χ4v) is 0.390. The lowest BCUT2D eigenvalue weighted by Gasteiger charge is -1.52. The van der Waals surface area contributed by atoms with Gasteiger partial charge in [-0.05, 0) is 98.7 Å². The lowest BCUT2D eigenvalue weighted by Crippen LogP contribution is -1.48. The van der Waals surface area contributed by atoms with Crippen LogP contribution in [-0.4, -0.2) is 0 Å². The van der Waals surface area contributed by atoms with Crippen molar-refractivity contribution in [1.29, 1.82) is 0 Å². The lowest BCUT2D eigenvalue weighted by atomic mass is 10.5. The fourth-order valence-electron chi connectivity index (χ4n) is 0.390. The Kier molecular flexibility index (Phi) is 621. The third kappa shape index (κ3) is 451. The van der Waals surface area contributed by atoms with E-state index in [0.29, 0.717) is 0 Å². The number of rotatable bonds is 0. The van der Waals surface area contributed by atoms with Crippen molar-refractivity contribution >= 4 is 0 Å². The topological polar surface area (TPSA) is 0 Å². The van der Waals surface area contributed by atoms with E-state index in [1.807, 2.05) is 0 Å². The van der Waals surface area contributed by atoms with Crippen molar-refractivity contribution in [2.45, 2.75) is 102 Å². The molecule has 0 aliphatic carbocycles. The molecule has 0 aromatic carbocycles. The van der Waals surface area contributed by atoms with Crippen molar-refractivity contribution in [1.82, 2.24) is 0 Å². The predicted octanol–water partition coefficient (Wildman–Crippen LogP) is 11.6. The predicted molar refractivity (Wildman–Crippen MR) is 203 cm³/mol. The van der Waals surface area contributed by atoms with E-state index < -0.39 is 0 Å². The molecule has 0 fully saturated rings. The third-order valence-corrected chi connectivity index (χ3v) is 0.967. The van der Waals surface area contributed by atoms with Crippen molar-refractivity contribution in [3.63, 3.8) is 0 Å². The van der Waals surface area contributed by atoms with Crippen LogP contribution >= 0.6 is 0 Å². The quantitative estimate of drug-likeness (QED) is 0.284. The molecule has 0 aliphatic rings. The first-order valence-corrected chi connectivity index (χ1v) is 6.49. The molecule has 222 valence electrons. The van der Waals surface area contributed by atoms with Crippen molar-refractivity contribution in [3.8, 4) is 133 Å². The summed E-state index contributed by atoms with van der Waals surface area (Å²) in [6, 6.07) is 0. The second kappa shape index (κ2) is 206. The molecule has 0 rings (SSSR count). The molecule has 0 aromatic rings. The minimum atomic E-state index is 0. The van der Waals surface area contributed by atoms with Gasteiger partial charge in [-0.25, -0.2) is 0 Å². The van der Waals surface area contributed by atoms with E-state index in [0.717, 1.165) is 0 Å². The highest BCUT2D eigenvalue weighted by Crippen LogP contribution is 1.52. The molecule has 0 nitrogen and oxygen atoms in total. The van der Waals surface area contributed by atoms with Gasteiger partial charge in [-0.3, -0.25) is 0 Å². The first-order chi connectivity index (χ1) is 12.7. The molecule has 0 atom stereocenters. The summed E-state index contributed by atoms with van der Waals surface area (Å²) in [5, 5.41) is 0. The van der Waals surface area contributed by atoms with Crippen molar-refractivity contribution < 1.29 is 14.3 Å². The molecule has 0 heteroatoms. The average Bonchev–Trinajstić information content (AvgIpc) is 2.67. The standard InChI is InChI=1S/C8H6.C7H4.C6H2.C3H4.C2H2.10CH4.10H2/c1-3-5-7-8-6-4-2;1-3-5-7-6-4-2;1-3-5-6-4-2;1-3-2;1-2;;;;;;;;;;;;;;;;;;;;/h1-2H3;1H,2H3;1-2H;1H,2H3;1-2H;10*1H4;10*1H. The Morgan fingerprint density at radius 2 is 0.472 bits per heavy atom. The van der Waals surface area contributed by atoms with Gasteiger partial charge >= 0.3 is 0 Å². The van der Waals surface area contributed by atoms with Gasteiger partial charge in [0.2, 0.25) is 0 Å². The van der Waals surface area contributed by atoms with Gasteiger partial charge in [-0.1, -0.05) is 92.0 Å². The highest BCUT2D eigenvalue weighted by atomic mass is 13.5. The number of hydrogen-bond donors (Lipinski definition) is 0. The molecule has 0 amide bonds. The molecule has 0 aliphatic heterocycles. The van der Waals surface area contributed by atoms with Gasteiger partial charge < -0.3 is 0 Å². The van der Waals surface area contributed by atoms with E-state index in [1.165, 1.54) is 0 Å². The van der Waals surface area contributed by atoms with E-state index in [1.54, 1.807) is 27.7 Å². The average molecular weight is 511 g/mol. The van der Waals surface area contributed by atoms with Crippen LogP contribution in [0.5, 0.6) is 0 Å². The minimum absolute atomic E-state index is 0. The van der Waals surface area contributed by atoms with Gasteiger partial charge in [0.15, 0.2) is 0 Å². The number of hydrogen-bond acceptors (Lipinski definition) is 0. The van der Waals surface area contributed by atoms with Crippen LogP contribution in [-0.2, 0) is 0 Å². The van der Waals surface area contributed by atoms with E-state index in [2.05, 4.69) is 114 Å². The molecule has 0 heterocycles. The zero-order valence-electron chi connectivity index (χ0n) is 15.5.